The van der Waals surface area contributed by atoms with Crippen LogP contribution in [-0.4, -0.2) is 21.4 Å². The van der Waals surface area contributed by atoms with E-state index in [1.54, 1.807) is 36.4 Å². The highest BCUT2D eigenvalue weighted by Gasteiger charge is 2.19. The number of aryl methyl sites for hydroxylation is 2. The monoisotopic (exact) mass is 444 g/mol. The molecule has 0 aliphatic carbocycles. The fraction of sp³-hybridized carbons (Fsp3) is 0.136. The molecule has 3 aromatic carbocycles. The summed E-state index contributed by atoms with van der Waals surface area (Å²) < 4.78 is 33.4. The zero-order valence-corrected chi connectivity index (χ0v) is 18.3. The van der Waals surface area contributed by atoms with E-state index in [9.17, 15) is 13.2 Å². The third kappa shape index (κ3) is 4.93. The van der Waals surface area contributed by atoms with E-state index in [0.717, 1.165) is 11.1 Å². The number of methoxy groups -OCH3 is 1. The van der Waals surface area contributed by atoms with Crippen LogP contribution >= 0.6 is 11.6 Å². The third-order valence-electron chi connectivity index (χ3n) is 4.33. The molecule has 0 heterocycles. The van der Waals surface area contributed by atoms with Crippen molar-refractivity contribution < 1.29 is 17.9 Å². The highest BCUT2D eigenvalue weighted by Crippen LogP contribution is 2.30. The Bertz CT molecular complexity index is 1190. The van der Waals surface area contributed by atoms with E-state index in [1.807, 2.05) is 19.9 Å². The summed E-state index contributed by atoms with van der Waals surface area (Å²) in [4.78, 5) is 12.7. The van der Waals surface area contributed by atoms with Gasteiger partial charge in [0.15, 0.2) is 0 Å². The van der Waals surface area contributed by atoms with Crippen LogP contribution in [0.1, 0.15) is 21.5 Å². The van der Waals surface area contributed by atoms with Crippen LogP contribution in [0.4, 0.5) is 11.4 Å². The minimum atomic E-state index is -3.94. The predicted octanol–water partition coefficient (Wildman–Crippen LogP) is 5.02. The molecule has 0 saturated heterocycles. The van der Waals surface area contributed by atoms with Gasteiger partial charge in [0.25, 0.3) is 15.9 Å². The maximum Gasteiger partial charge on any atom is 0.262 e. The van der Waals surface area contributed by atoms with Crippen molar-refractivity contribution in [3.8, 4) is 5.75 Å². The number of carbonyl (C=O) groups excluding carboxylic acids is 1. The van der Waals surface area contributed by atoms with Gasteiger partial charge in [0.2, 0.25) is 0 Å². The Labute approximate surface area is 180 Å². The molecule has 6 nitrogen and oxygen atoms in total. The fourth-order valence-electron chi connectivity index (χ4n) is 3.00. The molecule has 2 N–H and O–H groups in total. The average Bonchev–Trinajstić information content (AvgIpc) is 2.69. The van der Waals surface area contributed by atoms with Crippen LogP contribution in [0.5, 0.6) is 5.75 Å². The SMILES string of the molecule is COc1ccc(S(=O)(=O)Nc2ccccc2Cl)cc1NC(=O)c1cc(C)cc(C)c1. The smallest absolute Gasteiger partial charge is 0.262 e. The molecule has 0 saturated carbocycles. The van der Waals surface area contributed by atoms with Gasteiger partial charge in [-0.1, -0.05) is 40.9 Å². The second-order valence-corrected chi connectivity index (χ2v) is 8.87. The standard InChI is InChI=1S/C22H21ClN2O4S/c1-14-10-15(2)12-16(11-14)22(26)24-20-13-17(8-9-21(20)29-3)30(27,28)25-19-7-5-4-6-18(19)23/h4-13,25H,1-3H3,(H,24,26). The average molecular weight is 445 g/mol. The van der Waals surface area contributed by atoms with Gasteiger partial charge in [-0.3, -0.25) is 9.52 Å². The summed E-state index contributed by atoms with van der Waals surface area (Å²) in [6, 6.07) is 16.2. The Balaban J connectivity index is 1.93. The molecule has 0 radical (unpaired) electrons. The zero-order valence-electron chi connectivity index (χ0n) is 16.7. The van der Waals surface area contributed by atoms with Crippen molar-refractivity contribution in [2.45, 2.75) is 18.7 Å². The normalized spacial score (nSPS) is 11.1. The Morgan fingerprint density at radius 3 is 2.23 bits per heavy atom. The first-order valence-electron chi connectivity index (χ1n) is 9.04. The van der Waals surface area contributed by atoms with E-state index in [2.05, 4.69) is 10.0 Å². The number of halogens is 1. The van der Waals surface area contributed by atoms with Crippen LogP contribution in [0.3, 0.4) is 0 Å². The van der Waals surface area contributed by atoms with Crippen molar-refractivity contribution in [3.05, 3.63) is 82.4 Å². The maximum absolute atomic E-state index is 12.8. The molecule has 0 fully saturated rings. The molecular weight excluding hydrogens is 424 g/mol. The van der Waals surface area contributed by atoms with Gasteiger partial charge in [-0.05, 0) is 56.3 Å². The molecule has 30 heavy (non-hydrogen) atoms. The van der Waals surface area contributed by atoms with Gasteiger partial charge in [0.05, 0.1) is 28.4 Å². The first-order chi connectivity index (χ1) is 14.2. The molecular formula is C22H21ClN2O4S. The summed E-state index contributed by atoms with van der Waals surface area (Å²) in [5.41, 5.74) is 2.87. The second-order valence-electron chi connectivity index (χ2n) is 6.78. The van der Waals surface area contributed by atoms with Gasteiger partial charge in [0.1, 0.15) is 5.75 Å². The van der Waals surface area contributed by atoms with Crippen LogP contribution in [0.15, 0.2) is 65.6 Å². The number of hydrogen-bond acceptors (Lipinski definition) is 4. The van der Waals surface area contributed by atoms with E-state index in [1.165, 1.54) is 25.3 Å². The van der Waals surface area contributed by atoms with E-state index >= 15 is 0 Å². The lowest BCUT2D eigenvalue weighted by atomic mass is 10.1. The summed E-state index contributed by atoms with van der Waals surface area (Å²) in [5.74, 6) is -0.0295. The number of carbonyl (C=O) groups is 1. The zero-order chi connectivity index (χ0) is 21.9. The molecule has 1 amide bonds. The van der Waals surface area contributed by atoms with Crippen molar-refractivity contribution in [2.24, 2.45) is 0 Å². The third-order valence-corrected chi connectivity index (χ3v) is 6.02. The summed E-state index contributed by atoms with van der Waals surface area (Å²) in [5, 5.41) is 3.01. The first kappa shape index (κ1) is 21.7. The van der Waals surface area contributed by atoms with Gasteiger partial charge in [-0.25, -0.2) is 8.42 Å². The lowest BCUT2D eigenvalue weighted by Crippen LogP contribution is -2.16. The molecule has 156 valence electrons. The number of sulfonamides is 1. The molecule has 3 aromatic rings. The predicted molar refractivity (Wildman–Crippen MR) is 119 cm³/mol. The number of anilines is 2. The summed E-state index contributed by atoms with van der Waals surface area (Å²) in [6.07, 6.45) is 0. The number of rotatable bonds is 6. The number of amides is 1. The lowest BCUT2D eigenvalue weighted by Gasteiger charge is -2.14. The van der Waals surface area contributed by atoms with Crippen LogP contribution in [-0.2, 0) is 10.0 Å². The molecule has 0 aliphatic heterocycles. The Morgan fingerprint density at radius 1 is 0.933 bits per heavy atom. The van der Waals surface area contributed by atoms with Crippen molar-refractivity contribution in [1.29, 1.82) is 0 Å². The number of ether oxygens (including phenoxy) is 1. The van der Waals surface area contributed by atoms with Gasteiger partial charge in [-0.2, -0.15) is 0 Å². The number of benzene rings is 3. The fourth-order valence-corrected chi connectivity index (χ4v) is 4.34. The maximum atomic E-state index is 12.8. The van der Waals surface area contributed by atoms with Crippen molar-refractivity contribution in [1.82, 2.24) is 0 Å². The van der Waals surface area contributed by atoms with Crippen LogP contribution in [0.2, 0.25) is 5.02 Å². The minimum absolute atomic E-state index is 0.0426. The topological polar surface area (TPSA) is 84.5 Å². The quantitative estimate of drug-likeness (QED) is 0.559. The van der Waals surface area contributed by atoms with E-state index in [0.29, 0.717) is 11.3 Å². The van der Waals surface area contributed by atoms with E-state index < -0.39 is 10.0 Å². The molecule has 3 rings (SSSR count). The van der Waals surface area contributed by atoms with Crippen LogP contribution < -0.4 is 14.8 Å². The Hall–Kier alpha value is -3.03. The highest BCUT2D eigenvalue weighted by molar-refractivity contribution is 7.92. The molecule has 0 aliphatic rings. The Morgan fingerprint density at radius 2 is 1.60 bits per heavy atom. The molecule has 0 spiro atoms. The summed E-state index contributed by atoms with van der Waals surface area (Å²) in [6.45, 7) is 3.80. The van der Waals surface area contributed by atoms with Crippen molar-refractivity contribution >= 4 is 38.9 Å². The van der Waals surface area contributed by atoms with Gasteiger partial charge >= 0.3 is 0 Å². The molecule has 0 bridgehead atoms. The second kappa shape index (κ2) is 8.77. The lowest BCUT2D eigenvalue weighted by molar-refractivity contribution is 0.102. The number of hydrogen-bond donors (Lipinski definition) is 2. The van der Waals surface area contributed by atoms with Crippen LogP contribution in [0, 0.1) is 13.8 Å². The van der Waals surface area contributed by atoms with E-state index in [4.69, 9.17) is 16.3 Å². The largest absolute Gasteiger partial charge is 0.495 e. The van der Waals surface area contributed by atoms with Gasteiger partial charge < -0.3 is 10.1 Å². The van der Waals surface area contributed by atoms with Crippen molar-refractivity contribution in [2.75, 3.05) is 17.1 Å². The van der Waals surface area contributed by atoms with Gasteiger partial charge in [0, 0.05) is 5.56 Å². The van der Waals surface area contributed by atoms with Gasteiger partial charge in [-0.15, -0.1) is 0 Å². The van der Waals surface area contributed by atoms with E-state index in [-0.39, 0.29) is 27.2 Å². The number of para-hydroxylation sites is 1. The molecule has 0 unspecified atom stereocenters. The first-order valence-corrected chi connectivity index (χ1v) is 10.9. The minimum Gasteiger partial charge on any atom is -0.495 e. The van der Waals surface area contributed by atoms with Crippen LogP contribution in [0.25, 0.3) is 0 Å². The molecule has 0 aromatic heterocycles. The molecule has 8 heteroatoms. The summed E-state index contributed by atoms with van der Waals surface area (Å²) in [7, 11) is -2.50. The number of nitrogens with one attached hydrogen (secondary N) is 2. The Kier molecular flexibility index (Phi) is 6.34. The summed E-state index contributed by atoms with van der Waals surface area (Å²) >= 11 is 6.05. The highest BCUT2D eigenvalue weighted by atomic mass is 35.5. The molecule has 0 atom stereocenters. The van der Waals surface area contributed by atoms with Crippen molar-refractivity contribution in [3.63, 3.8) is 0 Å².